The highest BCUT2D eigenvalue weighted by Crippen LogP contribution is 2.21. The summed E-state index contributed by atoms with van der Waals surface area (Å²) in [7, 11) is 0. The van der Waals surface area contributed by atoms with Gasteiger partial charge in [0, 0.05) is 22.6 Å². The summed E-state index contributed by atoms with van der Waals surface area (Å²) >= 11 is 5.86. The Labute approximate surface area is 114 Å². The molecule has 0 bridgehead atoms. The molecule has 0 aliphatic heterocycles. The maximum absolute atomic E-state index is 13.6. The van der Waals surface area contributed by atoms with Crippen molar-refractivity contribution in [2.24, 2.45) is 0 Å². The van der Waals surface area contributed by atoms with Crippen LogP contribution in [0.15, 0.2) is 36.4 Å². The molecular formula is C15H11ClF2O. The highest BCUT2D eigenvalue weighted by Gasteiger charge is 2.14. The first-order chi connectivity index (χ1) is 8.97. The lowest BCUT2D eigenvalue weighted by Gasteiger charge is -2.06. The van der Waals surface area contributed by atoms with Crippen molar-refractivity contribution >= 4 is 17.4 Å². The van der Waals surface area contributed by atoms with Crippen LogP contribution < -0.4 is 0 Å². The van der Waals surface area contributed by atoms with Gasteiger partial charge in [0.05, 0.1) is 0 Å². The molecule has 2 aromatic rings. The number of carbonyl (C=O) groups excluding carboxylic acids is 1. The van der Waals surface area contributed by atoms with Crippen molar-refractivity contribution in [2.45, 2.75) is 13.3 Å². The van der Waals surface area contributed by atoms with Gasteiger partial charge >= 0.3 is 0 Å². The maximum Gasteiger partial charge on any atom is 0.167 e. The molecule has 0 fully saturated rings. The molecule has 98 valence electrons. The topological polar surface area (TPSA) is 17.1 Å². The van der Waals surface area contributed by atoms with E-state index in [0.717, 1.165) is 6.07 Å². The van der Waals surface area contributed by atoms with E-state index in [9.17, 15) is 13.6 Å². The van der Waals surface area contributed by atoms with Crippen LogP contribution in [-0.4, -0.2) is 5.78 Å². The Morgan fingerprint density at radius 2 is 1.95 bits per heavy atom. The van der Waals surface area contributed by atoms with Crippen LogP contribution in [0, 0.1) is 18.6 Å². The molecule has 1 nitrogen and oxygen atoms in total. The number of hydrogen-bond donors (Lipinski definition) is 0. The fourth-order valence-corrected chi connectivity index (χ4v) is 2.09. The van der Waals surface area contributed by atoms with Crippen molar-refractivity contribution in [1.29, 1.82) is 0 Å². The molecular weight excluding hydrogens is 270 g/mol. The van der Waals surface area contributed by atoms with Crippen LogP contribution in [0.5, 0.6) is 0 Å². The Morgan fingerprint density at radius 1 is 1.21 bits per heavy atom. The van der Waals surface area contributed by atoms with Gasteiger partial charge in [0.25, 0.3) is 0 Å². The van der Waals surface area contributed by atoms with E-state index < -0.39 is 11.6 Å². The third-order valence-corrected chi connectivity index (χ3v) is 3.12. The van der Waals surface area contributed by atoms with Gasteiger partial charge in [-0.25, -0.2) is 8.78 Å². The molecule has 2 rings (SSSR count). The van der Waals surface area contributed by atoms with Crippen LogP contribution in [0.3, 0.4) is 0 Å². The second kappa shape index (κ2) is 5.49. The lowest BCUT2D eigenvalue weighted by Crippen LogP contribution is -2.06. The zero-order valence-corrected chi connectivity index (χ0v) is 11.0. The van der Waals surface area contributed by atoms with Gasteiger partial charge < -0.3 is 0 Å². The summed E-state index contributed by atoms with van der Waals surface area (Å²) in [5.41, 5.74) is 0.996. The number of carbonyl (C=O) groups is 1. The fraction of sp³-hybridized carbons (Fsp3) is 0.133. The van der Waals surface area contributed by atoms with E-state index in [0.29, 0.717) is 5.56 Å². The van der Waals surface area contributed by atoms with Crippen molar-refractivity contribution < 1.29 is 13.6 Å². The van der Waals surface area contributed by atoms with Crippen LogP contribution >= 0.6 is 11.6 Å². The van der Waals surface area contributed by atoms with Gasteiger partial charge in [0.15, 0.2) is 5.78 Å². The second-order valence-electron chi connectivity index (χ2n) is 4.32. The number of halogens is 3. The van der Waals surface area contributed by atoms with E-state index in [-0.39, 0.29) is 28.4 Å². The lowest BCUT2D eigenvalue weighted by molar-refractivity contribution is 0.0991. The molecule has 0 unspecified atom stereocenters. The fourth-order valence-electron chi connectivity index (χ4n) is 1.86. The van der Waals surface area contributed by atoms with Crippen molar-refractivity contribution in [3.05, 3.63) is 69.7 Å². The molecule has 0 radical (unpaired) electrons. The van der Waals surface area contributed by atoms with Crippen molar-refractivity contribution in [2.75, 3.05) is 0 Å². The van der Waals surface area contributed by atoms with Crippen molar-refractivity contribution in [3.63, 3.8) is 0 Å². The highest BCUT2D eigenvalue weighted by molar-refractivity contribution is 6.31. The summed E-state index contributed by atoms with van der Waals surface area (Å²) in [6, 6.07) is 8.27. The predicted octanol–water partition coefficient (Wildman–Crippen LogP) is 4.35. The van der Waals surface area contributed by atoms with Gasteiger partial charge in [0.2, 0.25) is 0 Å². The number of hydrogen-bond acceptors (Lipinski definition) is 1. The maximum atomic E-state index is 13.6. The Morgan fingerprint density at radius 3 is 2.58 bits per heavy atom. The summed E-state index contributed by atoms with van der Waals surface area (Å²) < 4.78 is 26.8. The van der Waals surface area contributed by atoms with E-state index >= 15 is 0 Å². The molecule has 19 heavy (non-hydrogen) atoms. The number of Topliss-reactive ketones (excluding diaryl/α,β-unsaturated/α-hetero) is 1. The number of ketones is 1. The highest BCUT2D eigenvalue weighted by atomic mass is 35.5. The molecule has 0 N–H and O–H groups in total. The zero-order valence-electron chi connectivity index (χ0n) is 10.2. The van der Waals surface area contributed by atoms with E-state index in [1.807, 2.05) is 0 Å². The first-order valence-electron chi connectivity index (χ1n) is 5.70. The minimum absolute atomic E-state index is 0.135. The molecule has 0 aliphatic rings. The first kappa shape index (κ1) is 13.7. The minimum atomic E-state index is -0.533. The normalized spacial score (nSPS) is 10.5. The van der Waals surface area contributed by atoms with Gasteiger partial charge in [-0.05, 0) is 42.8 Å². The summed E-state index contributed by atoms with van der Waals surface area (Å²) in [6.07, 6.45) is -0.186. The monoisotopic (exact) mass is 280 g/mol. The first-order valence-corrected chi connectivity index (χ1v) is 6.08. The van der Waals surface area contributed by atoms with Crippen LogP contribution in [0.1, 0.15) is 21.5 Å². The average molecular weight is 281 g/mol. The third kappa shape index (κ3) is 3.18. The van der Waals surface area contributed by atoms with Crippen molar-refractivity contribution in [3.8, 4) is 0 Å². The number of rotatable bonds is 3. The summed E-state index contributed by atoms with van der Waals surface area (Å²) in [5.74, 6) is -1.38. The SMILES string of the molecule is Cc1cc(F)cc(C(=O)Cc2c(F)cccc2Cl)c1. The molecule has 0 aliphatic carbocycles. The van der Waals surface area contributed by atoms with E-state index in [1.165, 1.54) is 24.3 Å². The van der Waals surface area contributed by atoms with Gasteiger partial charge in [-0.3, -0.25) is 4.79 Å². The van der Waals surface area contributed by atoms with E-state index in [4.69, 9.17) is 11.6 Å². The molecule has 2 aromatic carbocycles. The molecule has 0 spiro atoms. The molecule has 0 aromatic heterocycles. The van der Waals surface area contributed by atoms with E-state index in [1.54, 1.807) is 13.0 Å². The lowest BCUT2D eigenvalue weighted by atomic mass is 10.0. The quantitative estimate of drug-likeness (QED) is 0.764. The Hall–Kier alpha value is -1.74. The van der Waals surface area contributed by atoms with E-state index in [2.05, 4.69) is 0 Å². The molecule has 0 amide bonds. The molecule has 0 saturated carbocycles. The van der Waals surface area contributed by atoms with Crippen LogP contribution in [0.25, 0.3) is 0 Å². The Balaban J connectivity index is 2.31. The zero-order chi connectivity index (χ0) is 14.0. The summed E-state index contributed by atoms with van der Waals surface area (Å²) in [6.45, 7) is 1.69. The average Bonchev–Trinajstić information content (AvgIpc) is 2.32. The van der Waals surface area contributed by atoms with Crippen LogP contribution in [0.4, 0.5) is 8.78 Å². The van der Waals surface area contributed by atoms with Crippen LogP contribution in [-0.2, 0) is 6.42 Å². The smallest absolute Gasteiger partial charge is 0.167 e. The molecule has 0 saturated heterocycles. The molecule has 0 atom stereocenters. The van der Waals surface area contributed by atoms with Gasteiger partial charge in [0.1, 0.15) is 11.6 Å². The third-order valence-electron chi connectivity index (χ3n) is 2.76. The number of benzene rings is 2. The standard InChI is InChI=1S/C15H11ClF2O/c1-9-5-10(7-11(17)6-9)15(19)8-12-13(16)3-2-4-14(12)18/h2-7H,8H2,1H3. The van der Waals surface area contributed by atoms with Crippen molar-refractivity contribution in [1.82, 2.24) is 0 Å². The largest absolute Gasteiger partial charge is 0.294 e. The minimum Gasteiger partial charge on any atom is -0.294 e. The molecule has 0 heterocycles. The Bertz CT molecular complexity index is 598. The predicted molar refractivity (Wildman–Crippen MR) is 70.6 cm³/mol. The van der Waals surface area contributed by atoms with Gasteiger partial charge in [-0.15, -0.1) is 0 Å². The summed E-state index contributed by atoms with van der Waals surface area (Å²) in [5, 5.41) is 0.196. The Kier molecular flexibility index (Phi) is 3.96. The molecule has 4 heteroatoms. The number of aryl methyl sites for hydroxylation is 1. The summed E-state index contributed by atoms with van der Waals surface area (Å²) in [4.78, 5) is 12.0. The van der Waals surface area contributed by atoms with Crippen LogP contribution in [0.2, 0.25) is 5.02 Å². The van der Waals surface area contributed by atoms with Gasteiger partial charge in [-0.2, -0.15) is 0 Å². The van der Waals surface area contributed by atoms with Gasteiger partial charge in [-0.1, -0.05) is 17.7 Å². The second-order valence-corrected chi connectivity index (χ2v) is 4.72.